The fraction of sp³-hybridized carbons (Fsp3) is 0.650. The molecule has 6 N–H and O–H groups in total. The molecule has 0 unspecified atom stereocenters. The van der Waals surface area contributed by atoms with Gasteiger partial charge in [0.1, 0.15) is 18.3 Å². The van der Waals surface area contributed by atoms with Crippen molar-refractivity contribution in [2.75, 3.05) is 19.7 Å². The summed E-state index contributed by atoms with van der Waals surface area (Å²) in [4.78, 5) is 35.5. The van der Waals surface area contributed by atoms with Crippen molar-refractivity contribution in [1.82, 2.24) is 25.6 Å². The molecule has 2 amide bonds. The Morgan fingerprint density at radius 1 is 1.11 bits per heavy atom. The summed E-state index contributed by atoms with van der Waals surface area (Å²) in [7, 11) is 0. The van der Waals surface area contributed by atoms with E-state index in [1.165, 1.54) is 6.08 Å². The molecule has 0 saturated carbocycles. The molecule has 1 aromatic rings. The van der Waals surface area contributed by atoms with Crippen LogP contribution < -0.4 is 10.6 Å². The number of amides is 2. The number of nitrogens with one attached hydrogen (secondary N) is 2. The standard InChI is InChI=1S/C20H28F3N5O9/c1-2-9-36-19-14(33)12(31)13(32)15(37-19)18(35)25-7-6-24-17(34)11-16(20(21,22)23)26-27-28(11)8-4-3-5-10(29)30/h2,12-15,19,31-33H,1,3-9H2,(H,24,34)(H,25,35)(H,29,30)/t12-,13-,14-,15-,19+/m0/s1. The van der Waals surface area contributed by atoms with Gasteiger partial charge in [-0.05, 0) is 12.8 Å². The van der Waals surface area contributed by atoms with E-state index in [0.29, 0.717) is 0 Å². The lowest BCUT2D eigenvalue weighted by Gasteiger charge is -2.39. The highest BCUT2D eigenvalue weighted by atomic mass is 19.4. The summed E-state index contributed by atoms with van der Waals surface area (Å²) < 4.78 is 50.9. The highest BCUT2D eigenvalue weighted by Gasteiger charge is 2.47. The number of aryl methyl sites for hydroxylation is 1. The lowest BCUT2D eigenvalue weighted by Crippen LogP contribution is -2.62. The van der Waals surface area contributed by atoms with Crippen LogP contribution in [0.25, 0.3) is 0 Å². The van der Waals surface area contributed by atoms with Gasteiger partial charge < -0.3 is 40.5 Å². The van der Waals surface area contributed by atoms with Crippen LogP contribution in [0.15, 0.2) is 12.7 Å². The molecule has 0 aliphatic carbocycles. The Morgan fingerprint density at radius 3 is 2.41 bits per heavy atom. The van der Waals surface area contributed by atoms with E-state index >= 15 is 0 Å². The first-order valence-corrected chi connectivity index (χ1v) is 11.1. The lowest BCUT2D eigenvalue weighted by atomic mass is 9.98. The third-order valence-electron chi connectivity index (χ3n) is 5.15. The van der Waals surface area contributed by atoms with Crippen molar-refractivity contribution in [1.29, 1.82) is 0 Å². The molecule has 37 heavy (non-hydrogen) atoms. The Kier molecular flexibility index (Phi) is 10.9. The van der Waals surface area contributed by atoms with E-state index in [-0.39, 0.29) is 45.5 Å². The molecule has 0 bridgehead atoms. The van der Waals surface area contributed by atoms with Crippen LogP contribution in [0.2, 0.25) is 0 Å². The number of nitrogens with zero attached hydrogens (tertiary/aromatic N) is 3. The van der Waals surface area contributed by atoms with Gasteiger partial charge in [0.2, 0.25) is 0 Å². The van der Waals surface area contributed by atoms with E-state index in [9.17, 15) is 42.9 Å². The third-order valence-corrected chi connectivity index (χ3v) is 5.15. The smallest absolute Gasteiger partial charge is 0.437 e. The second-order valence-electron chi connectivity index (χ2n) is 7.92. The average Bonchev–Trinajstić information content (AvgIpc) is 3.27. The summed E-state index contributed by atoms with van der Waals surface area (Å²) in [5.74, 6) is -3.21. The Morgan fingerprint density at radius 2 is 1.78 bits per heavy atom. The summed E-state index contributed by atoms with van der Waals surface area (Å²) in [6.07, 6.45) is -11.9. The molecule has 5 atom stereocenters. The Balaban J connectivity index is 1.95. The van der Waals surface area contributed by atoms with E-state index in [4.69, 9.17) is 14.6 Å². The second-order valence-corrected chi connectivity index (χ2v) is 7.92. The molecule has 208 valence electrons. The number of aromatic nitrogens is 3. The molecule has 14 nitrogen and oxygen atoms in total. The largest absolute Gasteiger partial charge is 0.481 e. The molecule has 1 fully saturated rings. The number of aliphatic hydroxyl groups is 3. The first kappa shape index (κ1) is 30.1. The van der Waals surface area contributed by atoms with Gasteiger partial charge in [-0.3, -0.25) is 14.4 Å². The first-order chi connectivity index (χ1) is 17.4. The SMILES string of the molecule is C=CCO[C@@H]1O[C@H](C(=O)NCCNC(=O)c2c(C(F)(F)F)nnn2CCCCC(=O)O)[C@@H](O)[C@H](O)[C@@H]1O. The quantitative estimate of drug-likeness (QED) is 0.124. The number of hydrogen-bond acceptors (Lipinski definition) is 10. The van der Waals surface area contributed by atoms with Crippen molar-refractivity contribution in [2.45, 2.75) is 62.7 Å². The number of carboxylic acid groups (broad SMARTS) is 1. The molecule has 17 heteroatoms. The number of aliphatic carboxylic acids is 1. The predicted octanol–water partition coefficient (Wildman–Crippen LogP) is -1.59. The second kappa shape index (κ2) is 13.4. The number of carboxylic acids is 1. The van der Waals surface area contributed by atoms with Crippen molar-refractivity contribution in [3.05, 3.63) is 24.0 Å². The molecule has 2 rings (SSSR count). The molecule has 0 radical (unpaired) electrons. The number of unbranched alkanes of at least 4 members (excludes halogenated alkanes) is 1. The van der Waals surface area contributed by atoms with Crippen LogP contribution in [0.1, 0.15) is 35.4 Å². The number of rotatable bonds is 13. The molecule has 1 aliphatic rings. The summed E-state index contributed by atoms with van der Waals surface area (Å²) in [6.45, 7) is 2.48. The van der Waals surface area contributed by atoms with Gasteiger partial charge in [-0.2, -0.15) is 13.2 Å². The zero-order valence-corrected chi connectivity index (χ0v) is 19.4. The molecular weight excluding hydrogens is 511 g/mol. The Bertz CT molecular complexity index is 958. The summed E-state index contributed by atoms with van der Waals surface area (Å²) in [6, 6.07) is 0. The number of carbonyl (C=O) groups is 3. The van der Waals surface area contributed by atoms with Crippen LogP contribution in [0.5, 0.6) is 0 Å². The van der Waals surface area contributed by atoms with E-state index < -0.39 is 66.1 Å². The van der Waals surface area contributed by atoms with Gasteiger partial charge in [0, 0.05) is 26.1 Å². The Labute approximate surface area is 208 Å². The monoisotopic (exact) mass is 539 g/mol. The van der Waals surface area contributed by atoms with Crippen LogP contribution >= 0.6 is 0 Å². The number of halogens is 3. The van der Waals surface area contributed by atoms with Crippen LogP contribution in [0.4, 0.5) is 13.2 Å². The average molecular weight is 539 g/mol. The van der Waals surface area contributed by atoms with E-state index in [1.54, 1.807) is 0 Å². The van der Waals surface area contributed by atoms with Crippen molar-refractivity contribution >= 4 is 17.8 Å². The van der Waals surface area contributed by atoms with Crippen LogP contribution in [-0.2, 0) is 31.8 Å². The molecule has 0 spiro atoms. The highest BCUT2D eigenvalue weighted by Crippen LogP contribution is 2.30. The maximum absolute atomic E-state index is 13.3. The molecule has 0 aromatic carbocycles. The molecular formula is C20H28F3N5O9. The van der Waals surface area contributed by atoms with Crippen LogP contribution in [-0.4, -0.2) is 104 Å². The normalized spacial score (nSPS) is 23.9. The maximum atomic E-state index is 13.3. The topological polar surface area (TPSA) is 205 Å². The number of alkyl halides is 3. The summed E-state index contributed by atoms with van der Waals surface area (Å²) >= 11 is 0. The Hall–Kier alpha value is -3.12. The number of ether oxygens (including phenoxy) is 2. The van der Waals surface area contributed by atoms with Gasteiger partial charge >= 0.3 is 12.1 Å². The van der Waals surface area contributed by atoms with Crippen LogP contribution in [0.3, 0.4) is 0 Å². The molecule has 1 aromatic heterocycles. The van der Waals surface area contributed by atoms with E-state index in [2.05, 4.69) is 27.5 Å². The van der Waals surface area contributed by atoms with Gasteiger partial charge in [-0.1, -0.05) is 11.3 Å². The summed E-state index contributed by atoms with van der Waals surface area (Å²) in [5.41, 5.74) is -2.40. The maximum Gasteiger partial charge on any atom is 0.437 e. The van der Waals surface area contributed by atoms with E-state index in [1.807, 2.05) is 0 Å². The predicted molar refractivity (Wildman–Crippen MR) is 115 cm³/mol. The van der Waals surface area contributed by atoms with Crippen molar-refractivity contribution in [3.63, 3.8) is 0 Å². The zero-order valence-electron chi connectivity index (χ0n) is 19.4. The lowest BCUT2D eigenvalue weighted by molar-refractivity contribution is -0.288. The summed E-state index contributed by atoms with van der Waals surface area (Å²) in [5, 5.41) is 49.4. The van der Waals surface area contributed by atoms with Crippen molar-refractivity contribution in [2.24, 2.45) is 0 Å². The fourth-order valence-electron chi connectivity index (χ4n) is 3.33. The number of aliphatic hydroxyl groups excluding tert-OH is 3. The van der Waals surface area contributed by atoms with Crippen LogP contribution in [0, 0.1) is 0 Å². The first-order valence-electron chi connectivity index (χ1n) is 11.1. The molecule has 1 aliphatic heterocycles. The third kappa shape index (κ3) is 8.19. The van der Waals surface area contributed by atoms with Gasteiger partial charge in [0.15, 0.2) is 23.8 Å². The zero-order chi connectivity index (χ0) is 27.8. The van der Waals surface area contributed by atoms with Gasteiger partial charge in [-0.25, -0.2) is 4.68 Å². The highest BCUT2D eigenvalue weighted by molar-refractivity contribution is 5.93. The van der Waals surface area contributed by atoms with Gasteiger partial charge in [0.25, 0.3) is 11.8 Å². The molecule has 1 saturated heterocycles. The minimum atomic E-state index is -4.98. The molecule has 2 heterocycles. The van der Waals surface area contributed by atoms with Gasteiger partial charge in [-0.15, -0.1) is 11.7 Å². The van der Waals surface area contributed by atoms with E-state index in [0.717, 1.165) is 4.68 Å². The number of carbonyl (C=O) groups excluding carboxylic acids is 2. The number of hydrogen-bond donors (Lipinski definition) is 6. The minimum absolute atomic E-state index is 0.0875. The van der Waals surface area contributed by atoms with Crippen molar-refractivity contribution < 1.29 is 57.5 Å². The minimum Gasteiger partial charge on any atom is -0.481 e. The fourth-order valence-corrected chi connectivity index (χ4v) is 3.33. The van der Waals surface area contributed by atoms with Gasteiger partial charge in [0.05, 0.1) is 6.61 Å². The van der Waals surface area contributed by atoms with Crippen molar-refractivity contribution in [3.8, 4) is 0 Å².